The van der Waals surface area contributed by atoms with E-state index in [1.807, 2.05) is 18.2 Å². The second-order valence-corrected chi connectivity index (χ2v) is 6.89. The highest BCUT2D eigenvalue weighted by molar-refractivity contribution is 6.27. The van der Waals surface area contributed by atoms with E-state index >= 15 is 0 Å². The van der Waals surface area contributed by atoms with Crippen LogP contribution < -0.4 is 0 Å². The molecule has 0 saturated heterocycles. The van der Waals surface area contributed by atoms with Crippen LogP contribution in [0.4, 0.5) is 0 Å². The van der Waals surface area contributed by atoms with Gasteiger partial charge in [-0.05, 0) is 42.4 Å². The van der Waals surface area contributed by atoms with Crippen LogP contribution in [0.5, 0.6) is 0 Å². The van der Waals surface area contributed by atoms with E-state index < -0.39 is 0 Å². The van der Waals surface area contributed by atoms with Crippen LogP contribution in [0.25, 0.3) is 5.57 Å². The molecule has 0 heterocycles. The molecule has 0 radical (unpaired) electrons. The largest absolute Gasteiger partial charge is 0.293 e. The van der Waals surface area contributed by atoms with E-state index in [4.69, 9.17) is 0 Å². The Bertz CT molecular complexity index is 606. The minimum atomic E-state index is 0.141. The van der Waals surface area contributed by atoms with Crippen LogP contribution in [0.15, 0.2) is 47.6 Å². The zero-order chi connectivity index (χ0) is 16.1. The van der Waals surface area contributed by atoms with E-state index in [1.165, 1.54) is 49.7 Å². The van der Waals surface area contributed by atoms with E-state index in [-0.39, 0.29) is 5.92 Å². The molecule has 1 heteroatoms. The van der Waals surface area contributed by atoms with E-state index in [9.17, 15) is 4.79 Å². The number of Topliss-reactive ketones (excluding diaryl/α,β-unsaturated/α-hetero) is 1. The fourth-order valence-corrected chi connectivity index (χ4v) is 4.05. The Morgan fingerprint density at radius 3 is 2.61 bits per heavy atom. The van der Waals surface area contributed by atoms with Gasteiger partial charge in [-0.3, -0.25) is 4.79 Å². The van der Waals surface area contributed by atoms with Crippen molar-refractivity contribution in [1.82, 2.24) is 0 Å². The van der Waals surface area contributed by atoms with Crippen molar-refractivity contribution in [3.63, 3.8) is 0 Å². The van der Waals surface area contributed by atoms with Crippen LogP contribution in [-0.4, -0.2) is 5.78 Å². The minimum Gasteiger partial charge on any atom is -0.293 e. The van der Waals surface area contributed by atoms with Gasteiger partial charge in [0, 0.05) is 11.5 Å². The van der Waals surface area contributed by atoms with Crippen LogP contribution in [-0.2, 0) is 4.79 Å². The topological polar surface area (TPSA) is 17.1 Å². The van der Waals surface area contributed by atoms with Crippen LogP contribution in [0.2, 0.25) is 0 Å². The maximum absolute atomic E-state index is 13.1. The first-order valence-electron chi connectivity index (χ1n) is 9.36. The molecule has 0 aliphatic heterocycles. The van der Waals surface area contributed by atoms with Crippen molar-refractivity contribution in [2.45, 2.75) is 64.7 Å². The van der Waals surface area contributed by atoms with Gasteiger partial charge in [0.1, 0.15) is 0 Å². The lowest BCUT2D eigenvalue weighted by Gasteiger charge is -2.17. The normalized spacial score (nSPS) is 20.7. The number of carbonyl (C=O) groups excluding carboxylic acids is 1. The van der Waals surface area contributed by atoms with Gasteiger partial charge in [-0.1, -0.05) is 75.4 Å². The number of carbonyl (C=O) groups is 1. The number of ketones is 1. The van der Waals surface area contributed by atoms with Crippen molar-refractivity contribution < 1.29 is 4.79 Å². The van der Waals surface area contributed by atoms with Gasteiger partial charge in [0.15, 0.2) is 5.78 Å². The summed E-state index contributed by atoms with van der Waals surface area (Å²) in [5.74, 6) is 0.525. The van der Waals surface area contributed by atoms with Gasteiger partial charge < -0.3 is 0 Å². The number of benzene rings is 1. The Labute approximate surface area is 140 Å². The fourth-order valence-electron chi connectivity index (χ4n) is 4.05. The summed E-state index contributed by atoms with van der Waals surface area (Å²) in [6.45, 7) is 2.25. The number of fused-ring (bicyclic) bond motifs is 1. The summed E-state index contributed by atoms with van der Waals surface area (Å²) in [7, 11) is 0. The number of rotatable bonds is 7. The Kier molecular flexibility index (Phi) is 5.48. The van der Waals surface area contributed by atoms with Gasteiger partial charge in [-0.2, -0.15) is 0 Å². The molecule has 0 amide bonds. The summed E-state index contributed by atoms with van der Waals surface area (Å²) in [6.07, 6.45) is 13.1. The lowest BCUT2D eigenvalue weighted by Crippen LogP contribution is -2.12. The molecule has 0 aromatic heterocycles. The van der Waals surface area contributed by atoms with Gasteiger partial charge in [0.05, 0.1) is 0 Å². The monoisotopic (exact) mass is 308 g/mol. The van der Waals surface area contributed by atoms with Crippen molar-refractivity contribution in [1.29, 1.82) is 0 Å². The molecule has 0 fully saturated rings. The number of hydrogen-bond donors (Lipinski definition) is 0. The maximum Gasteiger partial charge on any atom is 0.171 e. The minimum absolute atomic E-state index is 0.141. The molecule has 1 aromatic rings. The first-order valence-corrected chi connectivity index (χ1v) is 9.36. The summed E-state index contributed by atoms with van der Waals surface area (Å²) < 4.78 is 0. The summed E-state index contributed by atoms with van der Waals surface area (Å²) in [4.78, 5) is 13.1. The highest BCUT2D eigenvalue weighted by atomic mass is 16.1. The van der Waals surface area contributed by atoms with Gasteiger partial charge in [0.25, 0.3) is 0 Å². The zero-order valence-corrected chi connectivity index (χ0v) is 14.3. The summed E-state index contributed by atoms with van der Waals surface area (Å²) in [5, 5.41) is 0. The molecule has 0 spiro atoms. The molecule has 2 aliphatic carbocycles. The SMILES string of the molecule is CCCCCCCC1C(=O)C(c2ccccc2)=C2CCCC=C21. The van der Waals surface area contributed by atoms with Crippen LogP contribution in [0.3, 0.4) is 0 Å². The first-order chi connectivity index (χ1) is 11.3. The fraction of sp³-hybridized carbons (Fsp3) is 0.500. The summed E-state index contributed by atoms with van der Waals surface area (Å²) in [5.41, 5.74) is 4.87. The van der Waals surface area contributed by atoms with Crippen molar-refractivity contribution in [3.05, 3.63) is 53.1 Å². The van der Waals surface area contributed by atoms with Gasteiger partial charge in [-0.15, -0.1) is 0 Å². The second-order valence-electron chi connectivity index (χ2n) is 6.89. The Morgan fingerprint density at radius 1 is 1.04 bits per heavy atom. The first kappa shape index (κ1) is 16.2. The molecule has 0 saturated carbocycles. The molecular weight excluding hydrogens is 280 g/mol. The third-order valence-corrected chi connectivity index (χ3v) is 5.24. The predicted octanol–water partition coefficient (Wildman–Crippen LogP) is 6.11. The highest BCUT2D eigenvalue weighted by Gasteiger charge is 2.37. The molecular formula is C22H28O. The second kappa shape index (κ2) is 7.77. The Morgan fingerprint density at radius 2 is 1.83 bits per heavy atom. The van der Waals surface area contributed by atoms with Gasteiger partial charge in [0.2, 0.25) is 0 Å². The molecule has 0 bridgehead atoms. The number of unbranched alkanes of at least 4 members (excludes halogenated alkanes) is 4. The number of allylic oxidation sites excluding steroid dienone is 4. The molecule has 23 heavy (non-hydrogen) atoms. The molecule has 0 N–H and O–H groups in total. The quantitative estimate of drug-likeness (QED) is 0.555. The Balaban J connectivity index is 1.77. The molecule has 1 unspecified atom stereocenters. The summed E-state index contributed by atoms with van der Waals surface area (Å²) in [6, 6.07) is 10.3. The standard InChI is InChI=1S/C22H28O/c1-2-3-4-5-9-16-20-18-14-10-11-15-19(18)21(22(20)23)17-12-7-6-8-13-17/h6-8,12-14,20H,2-5,9-11,15-16H2,1H3. The van der Waals surface area contributed by atoms with Crippen molar-refractivity contribution in [2.24, 2.45) is 5.92 Å². The smallest absolute Gasteiger partial charge is 0.171 e. The molecule has 1 nitrogen and oxygen atoms in total. The molecule has 3 rings (SSSR count). The van der Waals surface area contributed by atoms with Crippen LogP contribution in [0, 0.1) is 5.92 Å². The highest BCUT2D eigenvalue weighted by Crippen LogP contribution is 2.45. The number of hydrogen-bond acceptors (Lipinski definition) is 1. The molecule has 1 atom stereocenters. The van der Waals surface area contributed by atoms with Gasteiger partial charge >= 0.3 is 0 Å². The van der Waals surface area contributed by atoms with Gasteiger partial charge in [-0.25, -0.2) is 0 Å². The summed E-state index contributed by atoms with van der Waals surface area (Å²) >= 11 is 0. The van der Waals surface area contributed by atoms with E-state index in [1.54, 1.807) is 0 Å². The predicted molar refractivity (Wildman–Crippen MR) is 97.2 cm³/mol. The van der Waals surface area contributed by atoms with E-state index in [2.05, 4.69) is 25.1 Å². The third kappa shape index (κ3) is 3.49. The maximum atomic E-state index is 13.1. The lowest BCUT2D eigenvalue weighted by atomic mass is 9.87. The van der Waals surface area contributed by atoms with Crippen molar-refractivity contribution >= 4 is 11.4 Å². The molecule has 122 valence electrons. The zero-order valence-electron chi connectivity index (χ0n) is 14.3. The third-order valence-electron chi connectivity index (χ3n) is 5.24. The van der Waals surface area contributed by atoms with Crippen molar-refractivity contribution in [3.8, 4) is 0 Å². The average molecular weight is 308 g/mol. The van der Waals surface area contributed by atoms with Crippen molar-refractivity contribution in [2.75, 3.05) is 0 Å². The average Bonchev–Trinajstić information content (AvgIpc) is 2.87. The van der Waals surface area contributed by atoms with Crippen LogP contribution >= 0.6 is 0 Å². The van der Waals surface area contributed by atoms with E-state index in [0.717, 1.165) is 30.4 Å². The lowest BCUT2D eigenvalue weighted by molar-refractivity contribution is -0.116. The molecule has 2 aliphatic rings. The Hall–Kier alpha value is -1.63. The van der Waals surface area contributed by atoms with Crippen LogP contribution in [0.1, 0.15) is 70.3 Å². The molecule has 1 aromatic carbocycles. The van der Waals surface area contributed by atoms with E-state index in [0.29, 0.717) is 5.78 Å².